The fourth-order valence-corrected chi connectivity index (χ4v) is 2.61. The molecule has 1 heterocycles. The third-order valence-electron chi connectivity index (χ3n) is 3.86. The number of hydrogen-bond acceptors (Lipinski definition) is 5. The second-order valence-electron chi connectivity index (χ2n) is 5.68. The lowest BCUT2D eigenvalue weighted by molar-refractivity contribution is -0.134. The maximum absolute atomic E-state index is 12.1. The van der Waals surface area contributed by atoms with Crippen LogP contribution in [0.3, 0.4) is 0 Å². The molecule has 0 radical (unpaired) electrons. The molecule has 1 aromatic heterocycles. The summed E-state index contributed by atoms with van der Waals surface area (Å²) in [5.74, 6) is 0.862. The molecule has 0 saturated heterocycles. The number of anilines is 1. The highest BCUT2D eigenvalue weighted by Crippen LogP contribution is 2.27. The molecule has 2 rings (SSSR count). The van der Waals surface area contributed by atoms with E-state index >= 15 is 0 Å². The van der Waals surface area contributed by atoms with Gasteiger partial charge >= 0.3 is 0 Å². The minimum Gasteiger partial charge on any atom is -0.360 e. The Morgan fingerprint density at radius 3 is 2.77 bits per heavy atom. The number of carbonyl (C=O) groups is 2. The zero-order chi connectivity index (χ0) is 15.4. The van der Waals surface area contributed by atoms with Gasteiger partial charge in [-0.15, -0.1) is 12.4 Å². The Hall–Kier alpha value is -1.60. The van der Waals surface area contributed by atoms with Crippen LogP contribution in [0.2, 0.25) is 0 Å². The third kappa shape index (κ3) is 4.99. The minimum absolute atomic E-state index is 0. The molecule has 1 saturated carbocycles. The maximum atomic E-state index is 12.1. The number of nitrogens with zero attached hydrogens (tertiary/aromatic N) is 2. The van der Waals surface area contributed by atoms with Gasteiger partial charge in [-0.1, -0.05) is 11.6 Å². The van der Waals surface area contributed by atoms with Gasteiger partial charge < -0.3 is 20.5 Å². The number of nitrogens with one attached hydrogen (secondary N) is 1. The van der Waals surface area contributed by atoms with E-state index in [2.05, 4.69) is 10.5 Å². The van der Waals surface area contributed by atoms with Crippen LogP contribution in [0.5, 0.6) is 0 Å². The topological polar surface area (TPSA) is 101 Å². The Balaban J connectivity index is 0.00000242. The summed E-state index contributed by atoms with van der Waals surface area (Å²) in [5.41, 5.74) is 5.96. The number of rotatable bonds is 5. The molecule has 2 atom stereocenters. The molecule has 1 aromatic rings. The molecule has 2 amide bonds. The van der Waals surface area contributed by atoms with Crippen LogP contribution < -0.4 is 11.1 Å². The van der Waals surface area contributed by atoms with E-state index in [-0.39, 0.29) is 42.7 Å². The van der Waals surface area contributed by atoms with Crippen LogP contribution in [0.15, 0.2) is 10.6 Å². The second kappa shape index (κ2) is 8.14. The quantitative estimate of drug-likeness (QED) is 0.847. The van der Waals surface area contributed by atoms with E-state index in [0.29, 0.717) is 18.0 Å². The molecule has 1 aliphatic carbocycles. The van der Waals surface area contributed by atoms with Crippen LogP contribution in [0.4, 0.5) is 5.82 Å². The summed E-state index contributed by atoms with van der Waals surface area (Å²) in [4.78, 5) is 25.3. The SMILES string of the molecule is Cc1cc(NC(=O)CN(C)C(=O)C[C@@H]2CCC[C@H]2N)no1.Cl. The van der Waals surface area contributed by atoms with Crippen molar-refractivity contribution in [2.45, 2.75) is 38.6 Å². The van der Waals surface area contributed by atoms with Crippen LogP contribution >= 0.6 is 12.4 Å². The summed E-state index contributed by atoms with van der Waals surface area (Å²) in [7, 11) is 1.62. The highest BCUT2D eigenvalue weighted by atomic mass is 35.5. The van der Waals surface area contributed by atoms with Crippen molar-refractivity contribution in [3.63, 3.8) is 0 Å². The molecular formula is C14H23ClN4O3. The summed E-state index contributed by atoms with van der Waals surface area (Å²) >= 11 is 0. The molecule has 3 N–H and O–H groups in total. The van der Waals surface area contributed by atoms with Gasteiger partial charge in [0.2, 0.25) is 11.8 Å². The van der Waals surface area contributed by atoms with Gasteiger partial charge in [0.15, 0.2) is 5.82 Å². The number of carbonyl (C=O) groups excluding carboxylic acids is 2. The Bertz CT molecular complexity index is 520. The second-order valence-corrected chi connectivity index (χ2v) is 5.68. The summed E-state index contributed by atoms with van der Waals surface area (Å²) in [6.07, 6.45) is 3.46. The number of hydrogen-bond donors (Lipinski definition) is 2. The van der Waals surface area contributed by atoms with Crippen molar-refractivity contribution in [3.8, 4) is 0 Å². The molecular weight excluding hydrogens is 308 g/mol. The predicted molar refractivity (Wildman–Crippen MR) is 84.7 cm³/mol. The van der Waals surface area contributed by atoms with Crippen LogP contribution in [0.1, 0.15) is 31.4 Å². The first-order chi connectivity index (χ1) is 9.95. The molecule has 1 aliphatic rings. The summed E-state index contributed by atoms with van der Waals surface area (Å²) in [5, 5.41) is 6.26. The van der Waals surface area contributed by atoms with Gasteiger partial charge in [0.25, 0.3) is 0 Å². The van der Waals surface area contributed by atoms with Gasteiger partial charge in [0.1, 0.15) is 5.76 Å². The largest absolute Gasteiger partial charge is 0.360 e. The normalized spacial score (nSPS) is 20.3. The lowest BCUT2D eigenvalue weighted by atomic mass is 9.99. The van der Waals surface area contributed by atoms with Crippen LogP contribution in [0.25, 0.3) is 0 Å². The first-order valence-electron chi connectivity index (χ1n) is 7.18. The highest BCUT2D eigenvalue weighted by molar-refractivity contribution is 5.93. The first-order valence-corrected chi connectivity index (χ1v) is 7.18. The van der Waals surface area contributed by atoms with Crippen LogP contribution in [-0.4, -0.2) is 41.5 Å². The van der Waals surface area contributed by atoms with Gasteiger partial charge in [0, 0.05) is 25.6 Å². The molecule has 22 heavy (non-hydrogen) atoms. The molecule has 0 bridgehead atoms. The minimum atomic E-state index is -0.296. The van der Waals surface area contributed by atoms with Gasteiger partial charge in [-0.05, 0) is 25.7 Å². The van der Waals surface area contributed by atoms with Crippen molar-refractivity contribution in [2.24, 2.45) is 11.7 Å². The molecule has 0 unspecified atom stereocenters. The fraction of sp³-hybridized carbons (Fsp3) is 0.643. The van der Waals surface area contributed by atoms with Crippen molar-refractivity contribution in [3.05, 3.63) is 11.8 Å². The number of nitrogens with two attached hydrogens (primary N) is 1. The number of aromatic nitrogens is 1. The van der Waals surface area contributed by atoms with E-state index in [4.69, 9.17) is 10.3 Å². The highest BCUT2D eigenvalue weighted by Gasteiger charge is 2.27. The van der Waals surface area contributed by atoms with Crippen LogP contribution in [-0.2, 0) is 9.59 Å². The number of likely N-dealkylation sites (N-methyl/N-ethyl adjacent to an activating group) is 1. The smallest absolute Gasteiger partial charge is 0.245 e. The third-order valence-corrected chi connectivity index (χ3v) is 3.86. The predicted octanol–water partition coefficient (Wildman–Crippen LogP) is 1.32. The number of aryl methyl sites for hydroxylation is 1. The van der Waals surface area contributed by atoms with E-state index in [1.165, 1.54) is 4.90 Å². The van der Waals surface area contributed by atoms with Gasteiger partial charge in [-0.3, -0.25) is 9.59 Å². The summed E-state index contributed by atoms with van der Waals surface area (Å²) < 4.78 is 4.86. The monoisotopic (exact) mass is 330 g/mol. The average Bonchev–Trinajstić information content (AvgIpc) is 2.99. The Kier molecular flexibility index (Phi) is 6.83. The number of amides is 2. The fourth-order valence-electron chi connectivity index (χ4n) is 2.61. The first kappa shape index (κ1) is 18.4. The van der Waals surface area contributed by atoms with E-state index in [0.717, 1.165) is 19.3 Å². The lowest BCUT2D eigenvalue weighted by Crippen LogP contribution is -2.37. The molecule has 0 aromatic carbocycles. The number of halogens is 1. The molecule has 0 aliphatic heterocycles. The summed E-state index contributed by atoms with van der Waals surface area (Å²) in [6, 6.07) is 1.73. The van der Waals surface area contributed by atoms with Crippen LogP contribution in [0, 0.1) is 12.8 Å². The molecule has 124 valence electrons. The zero-order valence-corrected chi connectivity index (χ0v) is 13.7. The molecule has 0 spiro atoms. The van der Waals surface area contributed by atoms with E-state index in [1.54, 1.807) is 20.0 Å². The van der Waals surface area contributed by atoms with Gasteiger partial charge in [-0.25, -0.2) is 0 Å². The standard InChI is InChI=1S/C14H22N4O3.ClH/c1-9-6-12(17-21-9)16-13(19)8-18(2)14(20)7-10-4-3-5-11(10)15;/h6,10-11H,3-5,7-8,15H2,1-2H3,(H,16,17,19);1H/t10-,11+;/m0./s1. The van der Waals surface area contributed by atoms with E-state index < -0.39 is 0 Å². The summed E-state index contributed by atoms with van der Waals surface area (Å²) in [6.45, 7) is 1.73. The van der Waals surface area contributed by atoms with E-state index in [9.17, 15) is 9.59 Å². The molecule has 7 nitrogen and oxygen atoms in total. The van der Waals surface area contributed by atoms with Crippen molar-refractivity contribution >= 4 is 30.0 Å². The zero-order valence-electron chi connectivity index (χ0n) is 12.9. The Morgan fingerprint density at radius 1 is 1.50 bits per heavy atom. The Morgan fingerprint density at radius 2 is 2.23 bits per heavy atom. The lowest BCUT2D eigenvalue weighted by Gasteiger charge is -2.20. The van der Waals surface area contributed by atoms with Crippen molar-refractivity contribution in [1.82, 2.24) is 10.1 Å². The van der Waals surface area contributed by atoms with Crippen molar-refractivity contribution in [1.29, 1.82) is 0 Å². The van der Waals surface area contributed by atoms with E-state index in [1.807, 2.05) is 0 Å². The molecule has 8 heteroatoms. The maximum Gasteiger partial charge on any atom is 0.245 e. The average molecular weight is 331 g/mol. The van der Waals surface area contributed by atoms with Gasteiger partial charge in [0.05, 0.1) is 6.54 Å². The van der Waals surface area contributed by atoms with Crippen molar-refractivity contribution in [2.75, 3.05) is 18.9 Å². The molecule has 1 fully saturated rings. The Labute approximate surface area is 136 Å². The van der Waals surface area contributed by atoms with Gasteiger partial charge in [-0.2, -0.15) is 0 Å². The van der Waals surface area contributed by atoms with Crippen molar-refractivity contribution < 1.29 is 14.1 Å².